The lowest BCUT2D eigenvalue weighted by molar-refractivity contribution is -0.132. The van der Waals surface area contributed by atoms with Crippen LogP contribution in [0.25, 0.3) is 0 Å². The smallest absolute Gasteiger partial charge is 0.251 e. The van der Waals surface area contributed by atoms with Crippen molar-refractivity contribution in [1.29, 1.82) is 0 Å². The first-order valence-electron chi connectivity index (χ1n) is 10.1. The van der Waals surface area contributed by atoms with Gasteiger partial charge >= 0.3 is 0 Å². The Morgan fingerprint density at radius 1 is 1.03 bits per heavy atom. The van der Waals surface area contributed by atoms with Gasteiger partial charge in [-0.25, -0.2) is 0 Å². The Balaban J connectivity index is 1.23. The Hall–Kier alpha value is -3.02. The molecular formula is C23H26N2O4. The second-order valence-corrected chi connectivity index (χ2v) is 7.68. The van der Waals surface area contributed by atoms with Gasteiger partial charge in [-0.3, -0.25) is 9.59 Å². The van der Waals surface area contributed by atoms with Gasteiger partial charge in [-0.2, -0.15) is 0 Å². The van der Waals surface area contributed by atoms with Gasteiger partial charge in [0.25, 0.3) is 5.91 Å². The van der Waals surface area contributed by atoms with Crippen LogP contribution < -0.4 is 14.8 Å². The van der Waals surface area contributed by atoms with Gasteiger partial charge in [-0.1, -0.05) is 29.8 Å². The predicted molar refractivity (Wildman–Crippen MR) is 109 cm³/mol. The highest BCUT2D eigenvalue weighted by molar-refractivity contribution is 5.95. The van der Waals surface area contributed by atoms with Crippen molar-refractivity contribution in [1.82, 2.24) is 10.2 Å². The Bertz CT molecular complexity index is 886. The minimum atomic E-state index is -0.118. The van der Waals surface area contributed by atoms with Crippen molar-refractivity contribution in [3.8, 4) is 11.5 Å². The summed E-state index contributed by atoms with van der Waals surface area (Å²) in [4.78, 5) is 26.9. The number of hydrogen-bond donors (Lipinski definition) is 1. The Kier molecular flexibility index (Phi) is 5.69. The lowest BCUT2D eigenvalue weighted by atomic mass is 10.0. The molecule has 2 aromatic rings. The van der Waals surface area contributed by atoms with Crippen molar-refractivity contribution in [3.63, 3.8) is 0 Å². The number of rotatable bonds is 5. The number of nitrogens with zero attached hydrogens (tertiary/aromatic N) is 1. The summed E-state index contributed by atoms with van der Waals surface area (Å²) in [5.41, 5.74) is 2.98. The highest BCUT2D eigenvalue weighted by Crippen LogP contribution is 2.32. The molecule has 2 amide bonds. The summed E-state index contributed by atoms with van der Waals surface area (Å²) in [5.74, 6) is 1.34. The number of nitrogens with one attached hydrogen (secondary N) is 1. The first-order chi connectivity index (χ1) is 14.1. The Morgan fingerprint density at radius 2 is 1.76 bits per heavy atom. The minimum Gasteiger partial charge on any atom is -0.454 e. The summed E-state index contributed by atoms with van der Waals surface area (Å²) in [6.07, 6.45) is 2.83. The van der Waals surface area contributed by atoms with E-state index in [2.05, 4.69) is 36.5 Å². The van der Waals surface area contributed by atoms with Gasteiger partial charge in [-0.05, 0) is 49.9 Å². The topological polar surface area (TPSA) is 67.9 Å². The lowest BCUT2D eigenvalue weighted by Crippen LogP contribution is -2.46. The van der Waals surface area contributed by atoms with E-state index in [1.165, 1.54) is 11.1 Å². The first-order valence-corrected chi connectivity index (χ1v) is 10.1. The molecule has 2 aliphatic rings. The van der Waals surface area contributed by atoms with Gasteiger partial charge in [0, 0.05) is 31.1 Å². The van der Waals surface area contributed by atoms with E-state index in [1.807, 2.05) is 4.90 Å². The molecule has 0 bridgehead atoms. The van der Waals surface area contributed by atoms with Gasteiger partial charge in [0.2, 0.25) is 12.7 Å². The van der Waals surface area contributed by atoms with Crippen LogP contribution in [-0.4, -0.2) is 42.6 Å². The molecule has 1 fully saturated rings. The largest absolute Gasteiger partial charge is 0.454 e. The lowest BCUT2D eigenvalue weighted by Gasteiger charge is -2.32. The van der Waals surface area contributed by atoms with Gasteiger partial charge in [0.1, 0.15) is 0 Å². The zero-order valence-electron chi connectivity index (χ0n) is 16.6. The van der Waals surface area contributed by atoms with Crippen LogP contribution in [0.1, 0.15) is 40.7 Å². The maximum Gasteiger partial charge on any atom is 0.251 e. The normalized spacial score (nSPS) is 16.0. The number of carbonyl (C=O) groups excluding carboxylic acids is 2. The third kappa shape index (κ3) is 4.70. The fourth-order valence-electron chi connectivity index (χ4n) is 3.74. The van der Waals surface area contributed by atoms with Crippen molar-refractivity contribution in [2.24, 2.45) is 0 Å². The number of amides is 2. The van der Waals surface area contributed by atoms with Crippen LogP contribution in [0.4, 0.5) is 0 Å². The number of fused-ring (bicyclic) bond motifs is 1. The van der Waals surface area contributed by atoms with Gasteiger partial charge < -0.3 is 19.7 Å². The monoisotopic (exact) mass is 394 g/mol. The molecule has 1 saturated heterocycles. The maximum atomic E-state index is 12.5. The SMILES string of the molecule is Cc1ccc(CCC(=O)N2CCC(NC(=O)c3ccc4c(c3)OCO4)CC2)cc1. The van der Waals surface area contributed by atoms with Crippen LogP contribution in [0.3, 0.4) is 0 Å². The molecule has 0 aliphatic carbocycles. The van der Waals surface area contributed by atoms with Crippen molar-refractivity contribution in [2.45, 2.75) is 38.6 Å². The van der Waals surface area contributed by atoms with Crippen molar-refractivity contribution in [2.75, 3.05) is 19.9 Å². The van der Waals surface area contributed by atoms with E-state index in [0.717, 1.165) is 19.3 Å². The molecule has 6 heteroatoms. The molecular weight excluding hydrogens is 368 g/mol. The summed E-state index contributed by atoms with van der Waals surface area (Å²) in [6, 6.07) is 13.6. The molecule has 0 spiro atoms. The van der Waals surface area contributed by atoms with Crippen LogP contribution in [0.2, 0.25) is 0 Å². The predicted octanol–water partition coefficient (Wildman–Crippen LogP) is 3.08. The van der Waals surface area contributed by atoms with E-state index in [9.17, 15) is 9.59 Å². The van der Waals surface area contributed by atoms with Crippen LogP contribution in [0.15, 0.2) is 42.5 Å². The van der Waals surface area contributed by atoms with Gasteiger partial charge in [0.05, 0.1) is 0 Å². The molecule has 29 heavy (non-hydrogen) atoms. The fourth-order valence-corrected chi connectivity index (χ4v) is 3.74. The fraction of sp³-hybridized carbons (Fsp3) is 0.391. The number of ether oxygens (including phenoxy) is 2. The minimum absolute atomic E-state index is 0.0778. The zero-order chi connectivity index (χ0) is 20.2. The highest BCUT2D eigenvalue weighted by Gasteiger charge is 2.24. The van der Waals surface area contributed by atoms with E-state index in [-0.39, 0.29) is 24.6 Å². The van der Waals surface area contributed by atoms with E-state index in [1.54, 1.807) is 18.2 Å². The van der Waals surface area contributed by atoms with Crippen LogP contribution >= 0.6 is 0 Å². The standard InChI is InChI=1S/C23H26N2O4/c1-16-2-4-17(5-3-16)6-9-22(26)25-12-10-19(11-13-25)24-23(27)18-7-8-20-21(14-18)29-15-28-20/h2-5,7-8,14,19H,6,9-13,15H2,1H3,(H,24,27). The molecule has 1 N–H and O–H groups in total. The molecule has 152 valence electrons. The number of likely N-dealkylation sites (tertiary alicyclic amines) is 1. The molecule has 0 unspecified atom stereocenters. The van der Waals surface area contributed by atoms with Gasteiger partial charge in [-0.15, -0.1) is 0 Å². The highest BCUT2D eigenvalue weighted by atomic mass is 16.7. The second kappa shape index (κ2) is 8.55. The zero-order valence-corrected chi connectivity index (χ0v) is 16.6. The van der Waals surface area contributed by atoms with Crippen LogP contribution in [-0.2, 0) is 11.2 Å². The number of piperidine rings is 1. The van der Waals surface area contributed by atoms with Crippen molar-refractivity contribution >= 4 is 11.8 Å². The second-order valence-electron chi connectivity index (χ2n) is 7.68. The number of carbonyl (C=O) groups is 2. The summed E-state index contributed by atoms with van der Waals surface area (Å²) < 4.78 is 10.6. The molecule has 0 saturated carbocycles. The van der Waals surface area contributed by atoms with Gasteiger partial charge in [0.15, 0.2) is 11.5 Å². The number of aryl methyl sites for hydroxylation is 2. The molecule has 2 heterocycles. The van der Waals surface area contributed by atoms with E-state index in [4.69, 9.17) is 9.47 Å². The summed E-state index contributed by atoms with van der Waals surface area (Å²) in [5, 5.41) is 3.08. The molecule has 0 atom stereocenters. The Morgan fingerprint density at radius 3 is 2.52 bits per heavy atom. The van der Waals surface area contributed by atoms with E-state index >= 15 is 0 Å². The summed E-state index contributed by atoms with van der Waals surface area (Å²) in [6.45, 7) is 3.61. The third-order valence-corrected chi connectivity index (χ3v) is 5.57. The molecule has 0 radical (unpaired) electrons. The van der Waals surface area contributed by atoms with Crippen LogP contribution in [0.5, 0.6) is 11.5 Å². The molecule has 0 aromatic heterocycles. The molecule has 2 aliphatic heterocycles. The van der Waals surface area contributed by atoms with E-state index in [0.29, 0.717) is 36.6 Å². The molecule has 2 aromatic carbocycles. The molecule has 4 rings (SSSR count). The van der Waals surface area contributed by atoms with Crippen molar-refractivity contribution < 1.29 is 19.1 Å². The molecule has 6 nitrogen and oxygen atoms in total. The number of benzene rings is 2. The summed E-state index contributed by atoms with van der Waals surface area (Å²) in [7, 11) is 0. The van der Waals surface area contributed by atoms with Crippen LogP contribution in [0, 0.1) is 6.92 Å². The Labute approximate surface area is 170 Å². The quantitative estimate of drug-likeness (QED) is 0.846. The first kappa shape index (κ1) is 19.3. The maximum absolute atomic E-state index is 12.5. The number of hydrogen-bond acceptors (Lipinski definition) is 4. The average Bonchev–Trinajstić information content (AvgIpc) is 3.21. The third-order valence-electron chi connectivity index (χ3n) is 5.57. The summed E-state index contributed by atoms with van der Waals surface area (Å²) >= 11 is 0. The average molecular weight is 394 g/mol. The van der Waals surface area contributed by atoms with E-state index < -0.39 is 0 Å². The van der Waals surface area contributed by atoms with Crippen molar-refractivity contribution in [3.05, 3.63) is 59.2 Å².